The predicted octanol–water partition coefficient (Wildman–Crippen LogP) is 1.66. The van der Waals surface area contributed by atoms with Crippen molar-refractivity contribution in [3.8, 4) is 11.4 Å². The summed E-state index contributed by atoms with van der Waals surface area (Å²) in [5.74, 6) is 0.447. The molecule has 0 unspecified atom stereocenters. The zero-order chi connectivity index (χ0) is 12.3. The van der Waals surface area contributed by atoms with Crippen LogP contribution >= 0.6 is 11.6 Å². The fourth-order valence-corrected chi connectivity index (χ4v) is 1.55. The molecule has 0 aliphatic heterocycles. The molecule has 1 heterocycles. The molecule has 1 aromatic heterocycles. The zero-order valence-corrected chi connectivity index (χ0v) is 9.98. The van der Waals surface area contributed by atoms with Gasteiger partial charge in [0.15, 0.2) is 5.82 Å². The van der Waals surface area contributed by atoms with Gasteiger partial charge in [-0.2, -0.15) is 5.10 Å². The molecule has 1 aromatic carbocycles. The molecule has 1 N–H and O–H groups in total. The molecule has 5 nitrogen and oxygen atoms in total. The van der Waals surface area contributed by atoms with E-state index in [-0.39, 0.29) is 11.8 Å². The van der Waals surface area contributed by atoms with Gasteiger partial charge in [-0.05, 0) is 12.1 Å². The summed E-state index contributed by atoms with van der Waals surface area (Å²) in [6, 6.07) is 7.37. The largest absolute Gasteiger partial charge is 0.325 e. The Morgan fingerprint density at radius 1 is 1.53 bits per heavy atom. The number of hydrogen-bond acceptors (Lipinski definition) is 3. The molecular formula is C11H11ClN4O. The van der Waals surface area contributed by atoms with Crippen LogP contribution in [0.4, 0.5) is 5.69 Å². The first kappa shape index (κ1) is 11.6. The summed E-state index contributed by atoms with van der Waals surface area (Å²) in [6.07, 6.45) is 1.49. The summed E-state index contributed by atoms with van der Waals surface area (Å²) >= 11 is 5.43. The Hall–Kier alpha value is -1.88. The fourth-order valence-electron chi connectivity index (χ4n) is 1.49. The van der Waals surface area contributed by atoms with E-state index in [1.807, 2.05) is 25.2 Å². The van der Waals surface area contributed by atoms with E-state index < -0.39 is 0 Å². The second kappa shape index (κ2) is 4.97. The lowest BCUT2D eigenvalue weighted by Crippen LogP contribution is -2.12. The number of nitrogens with zero attached hydrogens (tertiary/aromatic N) is 3. The van der Waals surface area contributed by atoms with Crippen LogP contribution in [0.3, 0.4) is 0 Å². The minimum atomic E-state index is -0.234. The van der Waals surface area contributed by atoms with E-state index in [4.69, 9.17) is 11.6 Å². The van der Waals surface area contributed by atoms with Crippen LogP contribution in [0.25, 0.3) is 11.4 Å². The van der Waals surface area contributed by atoms with Gasteiger partial charge in [0.05, 0.1) is 0 Å². The van der Waals surface area contributed by atoms with Crippen LogP contribution in [0, 0.1) is 0 Å². The Kier molecular flexibility index (Phi) is 3.39. The number of aromatic nitrogens is 3. The van der Waals surface area contributed by atoms with Gasteiger partial charge in [-0.25, -0.2) is 9.67 Å². The van der Waals surface area contributed by atoms with Crippen molar-refractivity contribution in [2.75, 3.05) is 11.2 Å². The molecule has 0 fully saturated rings. The number of anilines is 1. The molecular weight excluding hydrogens is 240 g/mol. The van der Waals surface area contributed by atoms with Crippen molar-refractivity contribution in [1.29, 1.82) is 0 Å². The summed E-state index contributed by atoms with van der Waals surface area (Å²) in [4.78, 5) is 15.3. The predicted molar refractivity (Wildman–Crippen MR) is 65.8 cm³/mol. The van der Waals surface area contributed by atoms with Crippen LogP contribution in [-0.2, 0) is 11.8 Å². The molecule has 0 aliphatic carbocycles. The molecule has 0 spiro atoms. The minimum Gasteiger partial charge on any atom is -0.325 e. The van der Waals surface area contributed by atoms with Crippen molar-refractivity contribution in [3.63, 3.8) is 0 Å². The fraction of sp³-hybridized carbons (Fsp3) is 0.182. The van der Waals surface area contributed by atoms with Crippen molar-refractivity contribution in [2.45, 2.75) is 0 Å². The van der Waals surface area contributed by atoms with Gasteiger partial charge in [0.25, 0.3) is 0 Å². The lowest BCUT2D eigenvalue weighted by molar-refractivity contribution is -0.113. The van der Waals surface area contributed by atoms with Crippen molar-refractivity contribution in [3.05, 3.63) is 30.6 Å². The third-order valence-electron chi connectivity index (χ3n) is 2.24. The maximum Gasteiger partial charge on any atom is 0.239 e. The van der Waals surface area contributed by atoms with E-state index in [9.17, 15) is 4.79 Å². The summed E-state index contributed by atoms with van der Waals surface area (Å²) in [5, 5.41) is 6.68. The van der Waals surface area contributed by atoms with E-state index in [0.29, 0.717) is 5.69 Å². The smallest absolute Gasteiger partial charge is 0.239 e. The van der Waals surface area contributed by atoms with E-state index in [1.165, 1.54) is 6.33 Å². The Balaban J connectivity index is 2.29. The lowest BCUT2D eigenvalue weighted by atomic mass is 10.2. The maximum absolute atomic E-state index is 11.2. The van der Waals surface area contributed by atoms with Crippen molar-refractivity contribution < 1.29 is 4.79 Å². The van der Waals surface area contributed by atoms with E-state index in [0.717, 1.165) is 11.4 Å². The van der Waals surface area contributed by atoms with Crippen LogP contribution in [-0.4, -0.2) is 26.6 Å². The third kappa shape index (κ3) is 2.62. The standard InChI is InChI=1S/C11H11ClN4O/c1-16-11(13-7-14-16)8-3-2-4-9(5-8)15-10(17)6-12/h2-5,7H,6H2,1H3,(H,15,17). The number of halogens is 1. The Labute approximate surface area is 103 Å². The Morgan fingerprint density at radius 2 is 2.35 bits per heavy atom. The monoisotopic (exact) mass is 250 g/mol. The van der Waals surface area contributed by atoms with Gasteiger partial charge in [-0.15, -0.1) is 11.6 Å². The van der Waals surface area contributed by atoms with Gasteiger partial charge in [-0.1, -0.05) is 12.1 Å². The highest BCUT2D eigenvalue weighted by atomic mass is 35.5. The second-order valence-corrected chi connectivity index (χ2v) is 3.74. The Bertz CT molecular complexity index is 538. The highest BCUT2D eigenvalue weighted by molar-refractivity contribution is 6.29. The number of nitrogens with one attached hydrogen (secondary N) is 1. The van der Waals surface area contributed by atoms with Gasteiger partial charge in [-0.3, -0.25) is 4.79 Å². The van der Waals surface area contributed by atoms with Gasteiger partial charge < -0.3 is 5.32 Å². The molecule has 0 atom stereocenters. The molecule has 0 radical (unpaired) electrons. The number of carbonyl (C=O) groups is 1. The van der Waals surface area contributed by atoms with Crippen LogP contribution in [0.1, 0.15) is 0 Å². The van der Waals surface area contributed by atoms with Crippen molar-refractivity contribution in [1.82, 2.24) is 14.8 Å². The molecule has 2 rings (SSSR count). The number of rotatable bonds is 3. The SMILES string of the molecule is Cn1ncnc1-c1cccc(NC(=O)CCl)c1. The molecule has 1 amide bonds. The zero-order valence-electron chi connectivity index (χ0n) is 9.22. The summed E-state index contributed by atoms with van der Waals surface area (Å²) in [5.41, 5.74) is 1.58. The number of benzene rings is 1. The first-order chi connectivity index (χ1) is 8.20. The van der Waals surface area contributed by atoms with Gasteiger partial charge >= 0.3 is 0 Å². The van der Waals surface area contributed by atoms with Crippen LogP contribution < -0.4 is 5.32 Å². The maximum atomic E-state index is 11.2. The molecule has 2 aromatic rings. The number of aryl methyl sites for hydroxylation is 1. The number of hydrogen-bond donors (Lipinski definition) is 1. The molecule has 0 saturated carbocycles. The van der Waals surface area contributed by atoms with Crippen molar-refractivity contribution in [2.24, 2.45) is 7.05 Å². The van der Waals surface area contributed by atoms with E-state index in [1.54, 1.807) is 10.7 Å². The Morgan fingerprint density at radius 3 is 3.00 bits per heavy atom. The molecule has 88 valence electrons. The molecule has 0 saturated heterocycles. The van der Waals surface area contributed by atoms with Crippen molar-refractivity contribution >= 4 is 23.2 Å². The highest BCUT2D eigenvalue weighted by Crippen LogP contribution is 2.19. The summed E-state index contributed by atoms with van der Waals surface area (Å²) < 4.78 is 1.67. The number of alkyl halides is 1. The molecule has 6 heteroatoms. The summed E-state index contributed by atoms with van der Waals surface area (Å²) in [6.45, 7) is 0. The minimum absolute atomic E-state index is 0.0613. The number of amides is 1. The highest BCUT2D eigenvalue weighted by Gasteiger charge is 2.06. The average Bonchev–Trinajstić information content (AvgIpc) is 2.75. The quantitative estimate of drug-likeness (QED) is 0.843. The van der Waals surface area contributed by atoms with Crippen LogP contribution in [0.15, 0.2) is 30.6 Å². The van der Waals surface area contributed by atoms with E-state index >= 15 is 0 Å². The lowest BCUT2D eigenvalue weighted by Gasteiger charge is -2.05. The van der Waals surface area contributed by atoms with Gasteiger partial charge in [0.2, 0.25) is 5.91 Å². The van der Waals surface area contributed by atoms with E-state index in [2.05, 4.69) is 15.4 Å². The molecule has 17 heavy (non-hydrogen) atoms. The first-order valence-corrected chi connectivity index (χ1v) is 5.54. The van der Waals surface area contributed by atoms with Gasteiger partial charge in [0, 0.05) is 18.3 Å². The summed E-state index contributed by atoms with van der Waals surface area (Å²) in [7, 11) is 1.81. The number of carbonyl (C=O) groups excluding carboxylic acids is 1. The molecule has 0 aliphatic rings. The molecule has 0 bridgehead atoms. The van der Waals surface area contributed by atoms with Crippen LogP contribution in [0.2, 0.25) is 0 Å². The third-order valence-corrected chi connectivity index (χ3v) is 2.48. The topological polar surface area (TPSA) is 59.8 Å². The average molecular weight is 251 g/mol. The first-order valence-electron chi connectivity index (χ1n) is 5.01. The van der Waals surface area contributed by atoms with Gasteiger partial charge in [0.1, 0.15) is 12.2 Å². The van der Waals surface area contributed by atoms with Crippen LogP contribution in [0.5, 0.6) is 0 Å². The normalized spacial score (nSPS) is 10.2. The second-order valence-electron chi connectivity index (χ2n) is 3.47.